The largest absolute Gasteiger partial charge is 0.352 e. The Labute approximate surface area is 178 Å². The lowest BCUT2D eigenvalue weighted by Gasteiger charge is -2.40. The molecule has 1 fully saturated rings. The first-order valence-corrected chi connectivity index (χ1v) is 9.94. The Morgan fingerprint density at radius 2 is 1.90 bits per heavy atom. The van der Waals surface area contributed by atoms with Gasteiger partial charge >= 0.3 is 0 Å². The molecule has 1 N–H and O–H groups in total. The summed E-state index contributed by atoms with van der Waals surface area (Å²) < 4.78 is 29.7. The van der Waals surface area contributed by atoms with Crippen molar-refractivity contribution in [2.75, 3.05) is 13.1 Å². The van der Waals surface area contributed by atoms with E-state index in [1.54, 1.807) is 32.0 Å². The van der Waals surface area contributed by atoms with Crippen LogP contribution < -0.4 is 5.32 Å². The number of fused-ring (bicyclic) bond motifs is 1. The minimum absolute atomic E-state index is 0.0667. The molecule has 3 heterocycles. The number of amides is 2. The third kappa shape index (κ3) is 3.64. The van der Waals surface area contributed by atoms with E-state index < -0.39 is 17.1 Å². The SMILES string of the molecule is CC(C)(F)c1cc(-c2ccc(F)cc2)nn2cc(C(=O)N3CCNC(=O)C3(C)C)nc12. The monoisotopic (exact) mass is 427 g/mol. The number of nitrogens with zero attached hydrogens (tertiary/aromatic N) is 4. The second kappa shape index (κ2) is 7.11. The summed E-state index contributed by atoms with van der Waals surface area (Å²) in [6, 6.07) is 7.26. The summed E-state index contributed by atoms with van der Waals surface area (Å²) in [5.41, 5.74) is -1.27. The number of benzene rings is 1. The van der Waals surface area contributed by atoms with Crippen LogP contribution >= 0.6 is 0 Å². The Morgan fingerprint density at radius 3 is 2.55 bits per heavy atom. The molecule has 0 radical (unpaired) electrons. The number of imidazole rings is 1. The second-order valence-electron chi connectivity index (χ2n) is 8.59. The predicted molar refractivity (Wildman–Crippen MR) is 111 cm³/mol. The smallest absolute Gasteiger partial charge is 0.275 e. The van der Waals surface area contributed by atoms with Gasteiger partial charge < -0.3 is 10.2 Å². The highest BCUT2D eigenvalue weighted by molar-refractivity contribution is 5.99. The molecular formula is C22H23F2N5O2. The first-order valence-electron chi connectivity index (χ1n) is 9.94. The molecule has 2 amide bonds. The fourth-order valence-electron chi connectivity index (χ4n) is 3.67. The number of aromatic nitrogens is 3. The van der Waals surface area contributed by atoms with Crippen molar-refractivity contribution in [1.29, 1.82) is 0 Å². The normalized spacial score (nSPS) is 16.5. The Morgan fingerprint density at radius 1 is 1.23 bits per heavy atom. The Hall–Kier alpha value is -3.36. The lowest BCUT2D eigenvalue weighted by molar-refractivity contribution is -0.133. The number of nitrogens with one attached hydrogen (secondary N) is 1. The summed E-state index contributed by atoms with van der Waals surface area (Å²) in [6.07, 6.45) is 1.43. The van der Waals surface area contributed by atoms with E-state index >= 15 is 4.39 Å². The van der Waals surface area contributed by atoms with E-state index in [-0.39, 0.29) is 28.6 Å². The highest BCUT2D eigenvalue weighted by atomic mass is 19.1. The quantitative estimate of drug-likeness (QED) is 0.697. The third-order valence-electron chi connectivity index (χ3n) is 5.52. The topological polar surface area (TPSA) is 79.6 Å². The van der Waals surface area contributed by atoms with Gasteiger partial charge in [-0.3, -0.25) is 9.59 Å². The first-order chi connectivity index (χ1) is 14.5. The van der Waals surface area contributed by atoms with Crippen LogP contribution in [-0.2, 0) is 10.5 Å². The van der Waals surface area contributed by atoms with Crippen molar-refractivity contribution in [1.82, 2.24) is 24.8 Å². The van der Waals surface area contributed by atoms with E-state index in [2.05, 4.69) is 15.4 Å². The maximum absolute atomic E-state index is 15.1. The summed E-state index contributed by atoms with van der Waals surface area (Å²) in [6.45, 7) is 6.79. The van der Waals surface area contributed by atoms with Crippen LogP contribution in [-0.4, -0.2) is 49.9 Å². The van der Waals surface area contributed by atoms with Gasteiger partial charge in [-0.1, -0.05) is 0 Å². The lowest BCUT2D eigenvalue weighted by Crippen LogP contribution is -2.63. The summed E-state index contributed by atoms with van der Waals surface area (Å²) in [4.78, 5) is 31.2. The molecule has 0 bridgehead atoms. The molecule has 0 saturated carbocycles. The van der Waals surface area contributed by atoms with E-state index in [0.717, 1.165) is 0 Å². The summed E-state index contributed by atoms with van der Waals surface area (Å²) >= 11 is 0. The zero-order valence-corrected chi connectivity index (χ0v) is 17.7. The Balaban J connectivity index is 1.83. The summed E-state index contributed by atoms with van der Waals surface area (Å²) in [7, 11) is 0. The second-order valence-corrected chi connectivity index (χ2v) is 8.59. The van der Waals surface area contributed by atoms with Gasteiger partial charge in [-0.15, -0.1) is 0 Å². The van der Waals surface area contributed by atoms with Gasteiger partial charge in [0.15, 0.2) is 5.65 Å². The molecule has 7 nitrogen and oxygen atoms in total. The number of carbonyl (C=O) groups is 2. The number of hydrogen-bond acceptors (Lipinski definition) is 4. The van der Waals surface area contributed by atoms with E-state index in [0.29, 0.717) is 24.3 Å². The van der Waals surface area contributed by atoms with Crippen LogP contribution in [0.3, 0.4) is 0 Å². The van der Waals surface area contributed by atoms with Crippen molar-refractivity contribution in [3.63, 3.8) is 0 Å². The molecule has 3 aromatic rings. The molecule has 1 saturated heterocycles. The average Bonchev–Trinajstić information content (AvgIpc) is 3.12. The number of alkyl halides is 1. The van der Waals surface area contributed by atoms with Crippen LogP contribution in [0, 0.1) is 5.82 Å². The highest BCUT2D eigenvalue weighted by Gasteiger charge is 2.41. The van der Waals surface area contributed by atoms with E-state index in [9.17, 15) is 14.0 Å². The van der Waals surface area contributed by atoms with Crippen molar-refractivity contribution >= 4 is 17.5 Å². The third-order valence-corrected chi connectivity index (χ3v) is 5.52. The van der Waals surface area contributed by atoms with E-state index in [4.69, 9.17) is 0 Å². The average molecular weight is 427 g/mol. The van der Waals surface area contributed by atoms with Crippen LogP contribution in [0.4, 0.5) is 8.78 Å². The number of hydrogen-bond donors (Lipinski definition) is 1. The van der Waals surface area contributed by atoms with Crippen LogP contribution in [0.5, 0.6) is 0 Å². The van der Waals surface area contributed by atoms with Crippen LogP contribution in [0.2, 0.25) is 0 Å². The molecule has 0 aliphatic carbocycles. The lowest BCUT2D eigenvalue weighted by atomic mass is 9.98. The number of carbonyl (C=O) groups excluding carboxylic acids is 2. The van der Waals surface area contributed by atoms with Gasteiger partial charge in [0.2, 0.25) is 5.91 Å². The van der Waals surface area contributed by atoms with Gasteiger partial charge in [-0.2, -0.15) is 5.10 Å². The van der Waals surface area contributed by atoms with Crippen molar-refractivity contribution in [2.24, 2.45) is 0 Å². The standard InChI is InChI=1S/C22H23F2N5O2/c1-21(2,24)15-11-16(13-5-7-14(23)8-6-13)27-29-12-17(26-18(15)29)19(30)28-10-9-25-20(31)22(28,3)4/h5-8,11-12H,9-10H2,1-4H3,(H,25,31). The van der Waals surface area contributed by atoms with E-state index in [1.165, 1.54) is 41.6 Å². The maximum Gasteiger partial charge on any atom is 0.275 e. The summed E-state index contributed by atoms with van der Waals surface area (Å²) in [5.74, 6) is -1.07. The molecule has 1 aliphatic heterocycles. The van der Waals surface area contributed by atoms with Crippen molar-refractivity contribution in [3.8, 4) is 11.3 Å². The van der Waals surface area contributed by atoms with Crippen LogP contribution in [0.25, 0.3) is 16.9 Å². The fraction of sp³-hybridized carbons (Fsp3) is 0.364. The molecule has 1 aliphatic rings. The minimum Gasteiger partial charge on any atom is -0.352 e. The molecular weight excluding hydrogens is 404 g/mol. The summed E-state index contributed by atoms with van der Waals surface area (Å²) in [5, 5.41) is 7.21. The van der Waals surface area contributed by atoms with E-state index in [1.807, 2.05) is 0 Å². The zero-order valence-electron chi connectivity index (χ0n) is 17.7. The Kier molecular flexibility index (Phi) is 4.79. The molecule has 0 unspecified atom stereocenters. The van der Waals surface area contributed by atoms with Gasteiger partial charge in [0, 0.05) is 24.2 Å². The highest BCUT2D eigenvalue weighted by Crippen LogP contribution is 2.31. The van der Waals surface area contributed by atoms with Crippen LogP contribution in [0.1, 0.15) is 43.7 Å². The van der Waals surface area contributed by atoms with Gasteiger partial charge in [-0.25, -0.2) is 18.3 Å². The molecule has 0 atom stereocenters. The molecule has 9 heteroatoms. The molecule has 162 valence electrons. The Bertz CT molecular complexity index is 1180. The van der Waals surface area contributed by atoms with Crippen molar-refractivity contribution in [3.05, 3.63) is 53.6 Å². The zero-order chi connectivity index (χ0) is 22.6. The number of rotatable bonds is 3. The van der Waals surface area contributed by atoms with Crippen molar-refractivity contribution < 1.29 is 18.4 Å². The fourth-order valence-corrected chi connectivity index (χ4v) is 3.67. The molecule has 4 rings (SSSR count). The minimum atomic E-state index is -1.77. The first kappa shape index (κ1) is 20.9. The predicted octanol–water partition coefficient (Wildman–Crippen LogP) is 3.09. The van der Waals surface area contributed by atoms with Gasteiger partial charge in [0.1, 0.15) is 22.7 Å². The maximum atomic E-state index is 15.1. The van der Waals surface area contributed by atoms with Gasteiger partial charge in [-0.05, 0) is 58.0 Å². The van der Waals surface area contributed by atoms with Crippen LogP contribution in [0.15, 0.2) is 36.5 Å². The molecule has 31 heavy (non-hydrogen) atoms. The molecule has 1 aromatic carbocycles. The molecule has 0 spiro atoms. The number of halogens is 2. The van der Waals surface area contributed by atoms with Gasteiger partial charge in [0.05, 0.1) is 11.9 Å². The number of piperazine rings is 1. The van der Waals surface area contributed by atoms with Gasteiger partial charge in [0.25, 0.3) is 5.91 Å². The van der Waals surface area contributed by atoms with Crippen molar-refractivity contribution in [2.45, 2.75) is 38.9 Å². The molecule has 2 aromatic heterocycles.